The molecule has 0 bridgehead atoms. The van der Waals surface area contributed by atoms with Crippen molar-refractivity contribution >= 4 is 0 Å². The summed E-state index contributed by atoms with van der Waals surface area (Å²) in [5.74, 6) is 1.59. The van der Waals surface area contributed by atoms with E-state index >= 15 is 0 Å². The monoisotopic (exact) mass is 373 g/mol. The molecule has 0 aliphatic heterocycles. The van der Waals surface area contributed by atoms with Crippen LogP contribution in [0.2, 0.25) is 0 Å². The molecule has 0 radical (unpaired) electrons. The van der Waals surface area contributed by atoms with Gasteiger partial charge >= 0.3 is 0 Å². The molecular weight excluding hydrogens is 342 g/mol. The van der Waals surface area contributed by atoms with Crippen LogP contribution in [-0.4, -0.2) is 44.6 Å². The molecule has 27 heavy (non-hydrogen) atoms. The van der Waals surface area contributed by atoms with Crippen LogP contribution in [0.15, 0.2) is 48.5 Å². The Morgan fingerprint density at radius 2 is 1.37 bits per heavy atom. The minimum absolute atomic E-state index is 0.242. The lowest BCUT2D eigenvalue weighted by molar-refractivity contribution is 0.00575. The Morgan fingerprint density at radius 3 is 1.78 bits per heavy atom. The standard InChI is InChI=1S/C22H31NO4/c1-5-16(2)23-14-19(24)15-27-22(17-6-10-20(25-3)11-7-17)18-8-12-21(26-4)13-9-18/h6-13,16,19,22-24H,5,14-15H2,1-4H3. The van der Waals surface area contributed by atoms with Gasteiger partial charge in [-0.2, -0.15) is 0 Å². The van der Waals surface area contributed by atoms with Gasteiger partial charge in [-0.25, -0.2) is 0 Å². The number of hydrogen-bond acceptors (Lipinski definition) is 5. The lowest BCUT2D eigenvalue weighted by Crippen LogP contribution is -2.35. The van der Waals surface area contributed by atoms with Gasteiger partial charge in [0.15, 0.2) is 0 Å². The van der Waals surface area contributed by atoms with Crippen molar-refractivity contribution in [3.05, 3.63) is 59.7 Å². The molecular formula is C22H31NO4. The number of aliphatic hydroxyl groups excluding tert-OH is 1. The van der Waals surface area contributed by atoms with Gasteiger partial charge < -0.3 is 24.6 Å². The van der Waals surface area contributed by atoms with Gasteiger partial charge in [0, 0.05) is 12.6 Å². The molecule has 2 atom stereocenters. The molecule has 0 aromatic heterocycles. The highest BCUT2D eigenvalue weighted by Crippen LogP contribution is 2.29. The largest absolute Gasteiger partial charge is 0.497 e. The maximum absolute atomic E-state index is 10.3. The Labute approximate surface area is 162 Å². The molecule has 2 unspecified atom stereocenters. The molecule has 2 rings (SSSR count). The van der Waals surface area contributed by atoms with Crippen LogP contribution >= 0.6 is 0 Å². The van der Waals surface area contributed by atoms with Crippen molar-refractivity contribution in [1.29, 1.82) is 0 Å². The van der Waals surface area contributed by atoms with Crippen LogP contribution in [0.1, 0.15) is 37.5 Å². The summed E-state index contributed by atoms with van der Waals surface area (Å²) in [4.78, 5) is 0. The molecule has 148 valence electrons. The molecule has 0 aliphatic rings. The van der Waals surface area contributed by atoms with E-state index in [1.807, 2.05) is 48.5 Å². The highest BCUT2D eigenvalue weighted by molar-refractivity contribution is 5.36. The fraction of sp³-hybridized carbons (Fsp3) is 0.455. The van der Waals surface area contributed by atoms with Crippen LogP contribution in [0.5, 0.6) is 11.5 Å². The second-order valence-electron chi connectivity index (χ2n) is 6.63. The lowest BCUT2D eigenvalue weighted by atomic mass is 10.0. The summed E-state index contributed by atoms with van der Waals surface area (Å²) in [5, 5.41) is 13.6. The van der Waals surface area contributed by atoms with E-state index in [1.165, 1.54) is 0 Å². The van der Waals surface area contributed by atoms with E-state index in [4.69, 9.17) is 14.2 Å². The number of ether oxygens (including phenoxy) is 3. The first-order valence-electron chi connectivity index (χ1n) is 9.38. The smallest absolute Gasteiger partial charge is 0.118 e. The third-order valence-corrected chi connectivity index (χ3v) is 4.61. The number of methoxy groups -OCH3 is 2. The number of hydrogen-bond donors (Lipinski definition) is 2. The van der Waals surface area contributed by atoms with Crippen LogP contribution in [0.4, 0.5) is 0 Å². The van der Waals surface area contributed by atoms with Gasteiger partial charge in [0.2, 0.25) is 0 Å². The van der Waals surface area contributed by atoms with Gasteiger partial charge in [-0.05, 0) is 48.7 Å². The predicted molar refractivity (Wildman–Crippen MR) is 108 cm³/mol. The van der Waals surface area contributed by atoms with Gasteiger partial charge in [-0.15, -0.1) is 0 Å². The quantitative estimate of drug-likeness (QED) is 0.631. The SMILES string of the molecule is CCC(C)NCC(O)COC(c1ccc(OC)cc1)c1ccc(OC)cc1. The van der Waals surface area contributed by atoms with Crippen molar-refractivity contribution < 1.29 is 19.3 Å². The van der Waals surface area contributed by atoms with Gasteiger partial charge in [0.25, 0.3) is 0 Å². The molecule has 2 N–H and O–H groups in total. The highest BCUT2D eigenvalue weighted by Gasteiger charge is 2.17. The number of aliphatic hydroxyl groups is 1. The van der Waals surface area contributed by atoms with E-state index in [0.29, 0.717) is 12.6 Å². The van der Waals surface area contributed by atoms with Crippen LogP contribution in [0.25, 0.3) is 0 Å². The second-order valence-corrected chi connectivity index (χ2v) is 6.63. The Balaban J connectivity index is 2.11. The minimum Gasteiger partial charge on any atom is -0.497 e. The molecule has 2 aromatic carbocycles. The molecule has 0 aliphatic carbocycles. The summed E-state index contributed by atoms with van der Waals surface area (Å²) in [7, 11) is 3.29. The van der Waals surface area contributed by atoms with Gasteiger partial charge in [0.1, 0.15) is 17.6 Å². The van der Waals surface area contributed by atoms with Crippen molar-refractivity contribution in [1.82, 2.24) is 5.32 Å². The summed E-state index contributed by atoms with van der Waals surface area (Å²) >= 11 is 0. The Morgan fingerprint density at radius 1 is 0.889 bits per heavy atom. The lowest BCUT2D eigenvalue weighted by Gasteiger charge is -2.22. The predicted octanol–water partition coefficient (Wildman–Crippen LogP) is 3.56. The second kappa shape index (κ2) is 10.9. The van der Waals surface area contributed by atoms with Crippen molar-refractivity contribution in [2.24, 2.45) is 0 Å². The van der Waals surface area contributed by atoms with Crippen molar-refractivity contribution in [3.8, 4) is 11.5 Å². The number of benzene rings is 2. The molecule has 0 saturated heterocycles. The van der Waals surface area contributed by atoms with Gasteiger partial charge in [-0.1, -0.05) is 31.2 Å². The topological polar surface area (TPSA) is 60.0 Å². The van der Waals surface area contributed by atoms with Crippen molar-refractivity contribution in [2.75, 3.05) is 27.4 Å². The van der Waals surface area contributed by atoms with Gasteiger partial charge in [0.05, 0.1) is 26.9 Å². The van der Waals surface area contributed by atoms with E-state index in [9.17, 15) is 5.11 Å². The third-order valence-electron chi connectivity index (χ3n) is 4.61. The van der Waals surface area contributed by atoms with Crippen LogP contribution in [0, 0.1) is 0 Å². The van der Waals surface area contributed by atoms with Crippen LogP contribution < -0.4 is 14.8 Å². The maximum Gasteiger partial charge on any atom is 0.118 e. The summed E-state index contributed by atoms with van der Waals surface area (Å²) in [5.41, 5.74) is 2.01. The van der Waals surface area contributed by atoms with Gasteiger partial charge in [-0.3, -0.25) is 0 Å². The molecule has 2 aromatic rings. The number of rotatable bonds is 11. The first-order valence-corrected chi connectivity index (χ1v) is 9.38. The summed E-state index contributed by atoms with van der Waals surface area (Å²) < 4.78 is 16.6. The maximum atomic E-state index is 10.3. The van der Waals surface area contributed by atoms with Crippen molar-refractivity contribution in [2.45, 2.75) is 38.5 Å². The fourth-order valence-corrected chi connectivity index (χ4v) is 2.69. The fourth-order valence-electron chi connectivity index (χ4n) is 2.69. The molecule has 5 heteroatoms. The Hall–Kier alpha value is -2.08. The first-order chi connectivity index (χ1) is 13.1. The minimum atomic E-state index is -0.571. The van der Waals surface area contributed by atoms with Crippen molar-refractivity contribution in [3.63, 3.8) is 0 Å². The summed E-state index contributed by atoms with van der Waals surface area (Å²) in [6.07, 6.45) is 0.173. The highest BCUT2D eigenvalue weighted by atomic mass is 16.5. The van der Waals surface area contributed by atoms with E-state index < -0.39 is 6.10 Å². The summed E-state index contributed by atoms with van der Waals surface area (Å²) in [6, 6.07) is 16.0. The molecule has 0 fully saturated rings. The Kier molecular flexibility index (Phi) is 8.58. The third kappa shape index (κ3) is 6.54. The molecule has 0 saturated carbocycles. The van der Waals surface area contributed by atoms with Crippen LogP contribution in [0.3, 0.4) is 0 Å². The first kappa shape index (κ1) is 21.2. The Bertz CT molecular complexity index is 610. The van der Waals surface area contributed by atoms with E-state index in [2.05, 4.69) is 19.2 Å². The molecule has 0 heterocycles. The zero-order chi connectivity index (χ0) is 19.6. The average molecular weight is 373 g/mol. The normalized spacial score (nSPS) is 13.4. The number of nitrogens with one attached hydrogen (secondary N) is 1. The van der Waals surface area contributed by atoms with E-state index in [1.54, 1.807) is 14.2 Å². The van der Waals surface area contributed by atoms with E-state index in [-0.39, 0.29) is 12.7 Å². The van der Waals surface area contributed by atoms with Crippen LogP contribution in [-0.2, 0) is 4.74 Å². The van der Waals surface area contributed by atoms with E-state index in [0.717, 1.165) is 29.0 Å². The molecule has 0 amide bonds. The average Bonchev–Trinajstić information content (AvgIpc) is 2.73. The zero-order valence-corrected chi connectivity index (χ0v) is 16.6. The molecule has 5 nitrogen and oxygen atoms in total. The zero-order valence-electron chi connectivity index (χ0n) is 16.6. The molecule has 0 spiro atoms. The summed E-state index contributed by atoms with van der Waals surface area (Å²) in [6.45, 7) is 4.97.